The van der Waals surface area contributed by atoms with Crippen molar-refractivity contribution in [3.8, 4) is 6.07 Å². The molecule has 3 N–H and O–H groups in total. The fourth-order valence-electron chi connectivity index (χ4n) is 2.18. The summed E-state index contributed by atoms with van der Waals surface area (Å²) in [6, 6.07) is 12.0. The van der Waals surface area contributed by atoms with E-state index in [1.807, 2.05) is 24.4 Å². The number of nitrogens with one attached hydrogen (secondary N) is 1. The van der Waals surface area contributed by atoms with Gasteiger partial charge in [0.2, 0.25) is 0 Å². The van der Waals surface area contributed by atoms with E-state index in [2.05, 4.69) is 5.32 Å². The highest BCUT2D eigenvalue weighted by Gasteiger charge is 2.15. The lowest BCUT2D eigenvalue weighted by Crippen LogP contribution is -2.86. The zero-order chi connectivity index (χ0) is 17.7. The minimum Gasteiger partial charge on any atom is -0.332 e. The first kappa shape index (κ1) is 18.6. The van der Waals surface area contributed by atoms with E-state index < -0.39 is 0 Å². The molecular formula is C17H15Cl3N3O+. The number of nitriles is 1. The van der Waals surface area contributed by atoms with Crippen LogP contribution in [0.1, 0.15) is 24.1 Å². The highest BCUT2D eigenvalue weighted by atomic mass is 35.5. The fraction of sp³-hybridized carbons (Fsp3) is 0.176. The van der Waals surface area contributed by atoms with Crippen molar-refractivity contribution in [2.24, 2.45) is 0 Å². The molecule has 0 saturated carbocycles. The van der Waals surface area contributed by atoms with Crippen molar-refractivity contribution < 1.29 is 10.1 Å². The third-order valence-electron chi connectivity index (χ3n) is 3.48. The van der Waals surface area contributed by atoms with Gasteiger partial charge in [0.05, 0.1) is 15.6 Å². The average Bonchev–Trinajstić information content (AvgIpc) is 2.53. The molecule has 0 aliphatic heterocycles. The summed E-state index contributed by atoms with van der Waals surface area (Å²) in [6.45, 7) is 2.18. The van der Waals surface area contributed by atoms with Crippen molar-refractivity contribution in [2.75, 3.05) is 11.9 Å². The van der Waals surface area contributed by atoms with Crippen molar-refractivity contribution >= 4 is 46.4 Å². The number of anilines is 1. The van der Waals surface area contributed by atoms with Gasteiger partial charge in [-0.15, -0.1) is 0 Å². The first-order chi connectivity index (χ1) is 11.4. The van der Waals surface area contributed by atoms with Gasteiger partial charge in [-0.1, -0.05) is 40.9 Å². The van der Waals surface area contributed by atoms with E-state index in [-0.39, 0.29) is 18.5 Å². The predicted molar refractivity (Wildman–Crippen MR) is 96.5 cm³/mol. The van der Waals surface area contributed by atoms with E-state index in [1.54, 1.807) is 30.3 Å². The van der Waals surface area contributed by atoms with Gasteiger partial charge in [0, 0.05) is 16.3 Å². The molecule has 0 fully saturated rings. The minimum absolute atomic E-state index is 0.00469. The molecule has 0 saturated heterocycles. The van der Waals surface area contributed by atoms with Crippen LogP contribution < -0.4 is 10.6 Å². The van der Waals surface area contributed by atoms with E-state index in [0.717, 1.165) is 5.56 Å². The quantitative estimate of drug-likeness (QED) is 0.825. The average molecular weight is 384 g/mol. The second-order valence-corrected chi connectivity index (χ2v) is 6.50. The van der Waals surface area contributed by atoms with Gasteiger partial charge >= 0.3 is 0 Å². The van der Waals surface area contributed by atoms with Gasteiger partial charge in [0.1, 0.15) is 12.1 Å². The van der Waals surface area contributed by atoms with Crippen LogP contribution in [0.5, 0.6) is 0 Å². The topological polar surface area (TPSA) is 69.5 Å². The molecule has 4 nitrogen and oxygen atoms in total. The van der Waals surface area contributed by atoms with Crippen LogP contribution in [-0.4, -0.2) is 12.5 Å². The third kappa shape index (κ3) is 4.86. The Morgan fingerprint density at radius 3 is 2.58 bits per heavy atom. The van der Waals surface area contributed by atoms with Gasteiger partial charge < -0.3 is 10.6 Å². The standard InChI is InChI=1S/C17H14Cl3N3O/c1-10(14-5-3-12(18)6-16(14)20)22-9-17(24)23-13-4-2-11(8-21)15(19)7-13/h2-7,10,22H,9H2,1H3,(H,23,24)/p+1/t10-/m1/s1. The van der Waals surface area contributed by atoms with Crippen molar-refractivity contribution in [2.45, 2.75) is 13.0 Å². The van der Waals surface area contributed by atoms with Crippen molar-refractivity contribution in [3.63, 3.8) is 0 Å². The maximum atomic E-state index is 12.0. The summed E-state index contributed by atoms with van der Waals surface area (Å²) < 4.78 is 0. The molecule has 0 radical (unpaired) electrons. The summed E-state index contributed by atoms with van der Waals surface area (Å²) in [4.78, 5) is 12.0. The summed E-state index contributed by atoms with van der Waals surface area (Å²) >= 11 is 18.0. The van der Waals surface area contributed by atoms with Crippen LogP contribution in [0.3, 0.4) is 0 Å². The highest BCUT2D eigenvalue weighted by Crippen LogP contribution is 2.24. The zero-order valence-electron chi connectivity index (χ0n) is 12.8. The van der Waals surface area contributed by atoms with Gasteiger partial charge in [0.25, 0.3) is 5.91 Å². The van der Waals surface area contributed by atoms with Crippen molar-refractivity contribution in [3.05, 3.63) is 62.6 Å². The number of hydrogen-bond donors (Lipinski definition) is 2. The molecule has 2 aromatic rings. The van der Waals surface area contributed by atoms with Gasteiger partial charge in [0.15, 0.2) is 6.54 Å². The normalized spacial score (nSPS) is 11.6. The maximum Gasteiger partial charge on any atom is 0.279 e. The summed E-state index contributed by atoms with van der Waals surface area (Å²) in [5, 5.41) is 14.9. The number of hydrogen-bond acceptors (Lipinski definition) is 2. The summed E-state index contributed by atoms with van der Waals surface area (Å²) in [5.74, 6) is -0.173. The molecule has 0 unspecified atom stereocenters. The van der Waals surface area contributed by atoms with Gasteiger partial charge in [-0.3, -0.25) is 4.79 Å². The van der Waals surface area contributed by atoms with Gasteiger partial charge in [-0.25, -0.2) is 0 Å². The van der Waals surface area contributed by atoms with Crippen LogP contribution in [0.25, 0.3) is 0 Å². The second-order valence-electron chi connectivity index (χ2n) is 5.25. The maximum absolute atomic E-state index is 12.0. The van der Waals surface area contributed by atoms with Gasteiger partial charge in [-0.05, 0) is 37.3 Å². The first-order valence-corrected chi connectivity index (χ1v) is 8.32. The molecule has 0 bridgehead atoms. The molecule has 0 aliphatic rings. The van der Waals surface area contributed by atoms with Crippen LogP contribution >= 0.6 is 34.8 Å². The summed E-state index contributed by atoms with van der Waals surface area (Å²) in [6.07, 6.45) is 0. The Bertz CT molecular complexity index is 802. The Hall–Kier alpha value is -1.77. The number of quaternary nitrogens is 1. The second kappa shape index (κ2) is 8.36. The Labute approximate surface area is 155 Å². The molecule has 7 heteroatoms. The third-order valence-corrected chi connectivity index (χ3v) is 4.36. The van der Waals surface area contributed by atoms with Crippen molar-refractivity contribution in [1.82, 2.24) is 0 Å². The monoisotopic (exact) mass is 382 g/mol. The largest absolute Gasteiger partial charge is 0.332 e. The van der Waals surface area contributed by atoms with Crippen LogP contribution in [0.4, 0.5) is 5.69 Å². The van der Waals surface area contributed by atoms with E-state index >= 15 is 0 Å². The molecule has 1 amide bonds. The molecule has 0 spiro atoms. The summed E-state index contributed by atoms with van der Waals surface area (Å²) in [5.41, 5.74) is 1.83. The van der Waals surface area contributed by atoms with Crippen LogP contribution in [0, 0.1) is 11.3 Å². The number of nitrogens with two attached hydrogens (primary N) is 1. The molecule has 0 aliphatic carbocycles. The number of rotatable bonds is 5. The van der Waals surface area contributed by atoms with E-state index in [1.165, 1.54) is 0 Å². The molecule has 24 heavy (non-hydrogen) atoms. The number of carbonyl (C=O) groups excluding carboxylic acids is 1. The van der Waals surface area contributed by atoms with Crippen LogP contribution in [-0.2, 0) is 4.79 Å². The zero-order valence-corrected chi connectivity index (χ0v) is 15.1. The minimum atomic E-state index is -0.173. The Kier molecular flexibility index (Phi) is 6.47. The summed E-state index contributed by atoms with van der Waals surface area (Å²) in [7, 11) is 0. The molecule has 1 atom stereocenters. The Morgan fingerprint density at radius 1 is 1.21 bits per heavy atom. The smallest absolute Gasteiger partial charge is 0.279 e. The van der Waals surface area contributed by atoms with Crippen molar-refractivity contribution in [1.29, 1.82) is 5.26 Å². The predicted octanol–water partition coefficient (Wildman–Crippen LogP) is 3.78. The Morgan fingerprint density at radius 2 is 1.96 bits per heavy atom. The molecule has 0 aromatic heterocycles. The van der Waals surface area contributed by atoms with Gasteiger partial charge in [-0.2, -0.15) is 5.26 Å². The molecular weight excluding hydrogens is 369 g/mol. The van der Waals surface area contributed by atoms with Crippen LogP contribution in [0.2, 0.25) is 15.1 Å². The number of nitrogens with zero attached hydrogens (tertiary/aromatic N) is 1. The SMILES string of the molecule is C[C@@H]([NH2+]CC(=O)Nc1ccc(C#N)c(Cl)c1)c1ccc(Cl)cc1Cl. The lowest BCUT2D eigenvalue weighted by Gasteiger charge is -2.13. The lowest BCUT2D eigenvalue weighted by atomic mass is 10.1. The van der Waals surface area contributed by atoms with E-state index in [4.69, 9.17) is 40.1 Å². The number of benzene rings is 2. The fourth-order valence-corrected chi connectivity index (χ4v) is 2.98. The Balaban J connectivity index is 1.93. The molecule has 124 valence electrons. The lowest BCUT2D eigenvalue weighted by molar-refractivity contribution is -0.682. The highest BCUT2D eigenvalue weighted by molar-refractivity contribution is 6.35. The number of amides is 1. The van der Waals surface area contributed by atoms with Crippen LogP contribution in [0.15, 0.2) is 36.4 Å². The van der Waals surface area contributed by atoms with E-state index in [9.17, 15) is 4.79 Å². The number of carbonyl (C=O) groups is 1. The molecule has 2 rings (SSSR count). The molecule has 0 heterocycles. The first-order valence-electron chi connectivity index (χ1n) is 7.18. The number of halogens is 3. The van der Waals surface area contributed by atoms with E-state index in [0.29, 0.717) is 26.3 Å². The molecule has 2 aromatic carbocycles.